The molecule has 0 atom stereocenters. The molecule has 0 saturated carbocycles. The van der Waals surface area contributed by atoms with Crippen molar-refractivity contribution in [3.8, 4) is 21.0 Å². The van der Waals surface area contributed by atoms with E-state index < -0.39 is 0 Å². The number of fused-ring (bicyclic) bond motifs is 3. The van der Waals surface area contributed by atoms with Gasteiger partial charge in [0.25, 0.3) is 0 Å². The first-order valence-corrected chi connectivity index (χ1v) is 12.9. The van der Waals surface area contributed by atoms with E-state index in [1.165, 1.54) is 57.4 Å². The van der Waals surface area contributed by atoms with E-state index in [4.69, 9.17) is 4.98 Å². The number of rotatable bonds is 2. The molecule has 0 saturated heterocycles. The van der Waals surface area contributed by atoms with Gasteiger partial charge in [0.05, 0.1) is 10.4 Å². The second kappa shape index (κ2) is 7.51. The zero-order chi connectivity index (χ0) is 22.7. The quantitative estimate of drug-likeness (QED) is 0.249. The maximum atomic E-state index is 4.89. The lowest BCUT2D eigenvalue weighted by Crippen LogP contribution is -2.12. The Morgan fingerprint density at radius 2 is 1.52 bits per heavy atom. The Kier molecular flexibility index (Phi) is 4.69. The van der Waals surface area contributed by atoms with Gasteiger partial charge >= 0.3 is 0 Å². The fourth-order valence-electron chi connectivity index (χ4n) is 4.76. The molecular weight excluding hydrogens is 438 g/mol. The first-order valence-electron chi connectivity index (χ1n) is 11.3. The smallest absolute Gasteiger partial charge is 0.0880 e. The third-order valence-electron chi connectivity index (χ3n) is 6.44. The van der Waals surface area contributed by atoms with Gasteiger partial charge in [-0.05, 0) is 75.3 Å². The number of thiophene rings is 2. The summed E-state index contributed by atoms with van der Waals surface area (Å²) in [5, 5.41) is 5.23. The summed E-state index contributed by atoms with van der Waals surface area (Å²) in [6.07, 6.45) is 1.96. The van der Waals surface area contributed by atoms with E-state index in [0.717, 1.165) is 5.69 Å². The van der Waals surface area contributed by atoms with Crippen LogP contribution in [0.15, 0.2) is 79.0 Å². The molecule has 6 rings (SSSR count). The fourth-order valence-corrected chi connectivity index (χ4v) is 7.29. The van der Waals surface area contributed by atoms with E-state index in [1.807, 2.05) is 28.9 Å². The van der Waals surface area contributed by atoms with Gasteiger partial charge in [-0.3, -0.25) is 4.98 Å². The van der Waals surface area contributed by atoms with E-state index in [1.54, 1.807) is 0 Å². The Labute approximate surface area is 202 Å². The Morgan fingerprint density at radius 3 is 2.30 bits per heavy atom. The summed E-state index contributed by atoms with van der Waals surface area (Å²) >= 11 is 3.76. The minimum absolute atomic E-state index is 0.0539. The van der Waals surface area contributed by atoms with E-state index in [-0.39, 0.29) is 5.41 Å². The molecule has 0 aliphatic heterocycles. The van der Waals surface area contributed by atoms with E-state index in [0.29, 0.717) is 0 Å². The van der Waals surface area contributed by atoms with Crippen molar-refractivity contribution in [1.29, 1.82) is 0 Å². The molecule has 162 valence electrons. The Morgan fingerprint density at radius 1 is 0.758 bits per heavy atom. The molecule has 6 aromatic rings. The topological polar surface area (TPSA) is 12.9 Å². The minimum atomic E-state index is 0.0539. The first kappa shape index (κ1) is 20.6. The third kappa shape index (κ3) is 3.38. The molecule has 0 bridgehead atoms. The Hall–Kier alpha value is -3.01. The van der Waals surface area contributed by atoms with Crippen molar-refractivity contribution in [3.63, 3.8) is 0 Å². The third-order valence-corrected chi connectivity index (χ3v) is 9.05. The molecule has 0 aliphatic rings. The summed E-state index contributed by atoms with van der Waals surface area (Å²) in [7, 11) is 0. The van der Waals surface area contributed by atoms with Gasteiger partial charge in [-0.1, -0.05) is 63.2 Å². The number of hydrogen-bond donors (Lipinski definition) is 0. The second-order valence-corrected chi connectivity index (χ2v) is 11.8. The van der Waals surface area contributed by atoms with Gasteiger partial charge in [-0.2, -0.15) is 0 Å². The average Bonchev–Trinajstić information content (AvgIpc) is 3.39. The van der Waals surface area contributed by atoms with Gasteiger partial charge in [0.2, 0.25) is 0 Å². The molecule has 0 N–H and O–H groups in total. The summed E-state index contributed by atoms with van der Waals surface area (Å²) in [5.74, 6) is 0. The summed E-state index contributed by atoms with van der Waals surface area (Å²) in [6.45, 7) is 9.12. The van der Waals surface area contributed by atoms with Crippen molar-refractivity contribution in [2.24, 2.45) is 0 Å². The van der Waals surface area contributed by atoms with Crippen LogP contribution in [0.3, 0.4) is 0 Å². The maximum Gasteiger partial charge on any atom is 0.0880 e. The fraction of sp³-hybridized carbons (Fsp3) is 0.167. The number of hydrogen-bond acceptors (Lipinski definition) is 3. The van der Waals surface area contributed by atoms with Gasteiger partial charge in [0, 0.05) is 26.2 Å². The first-order chi connectivity index (χ1) is 15.9. The van der Waals surface area contributed by atoms with Gasteiger partial charge < -0.3 is 0 Å². The van der Waals surface area contributed by atoms with E-state index in [9.17, 15) is 0 Å². The van der Waals surface area contributed by atoms with Gasteiger partial charge in [0.15, 0.2) is 0 Å². The van der Waals surface area contributed by atoms with Crippen molar-refractivity contribution in [3.05, 3.63) is 90.1 Å². The molecule has 3 heterocycles. The highest BCUT2D eigenvalue weighted by molar-refractivity contribution is 7.28. The molecule has 33 heavy (non-hydrogen) atoms. The van der Waals surface area contributed by atoms with Crippen molar-refractivity contribution in [2.75, 3.05) is 0 Å². The Balaban J connectivity index is 1.58. The van der Waals surface area contributed by atoms with Crippen LogP contribution >= 0.6 is 22.7 Å². The molecule has 0 unspecified atom stereocenters. The maximum absolute atomic E-state index is 4.89. The molecule has 3 heteroatoms. The van der Waals surface area contributed by atoms with Crippen LogP contribution in [-0.4, -0.2) is 4.98 Å². The van der Waals surface area contributed by atoms with Gasteiger partial charge in [0.1, 0.15) is 0 Å². The summed E-state index contributed by atoms with van der Waals surface area (Å²) in [4.78, 5) is 7.59. The van der Waals surface area contributed by atoms with Crippen molar-refractivity contribution < 1.29 is 0 Å². The zero-order valence-electron chi connectivity index (χ0n) is 19.3. The second-order valence-electron chi connectivity index (χ2n) is 9.74. The van der Waals surface area contributed by atoms with Crippen LogP contribution in [-0.2, 0) is 5.41 Å². The van der Waals surface area contributed by atoms with Crippen LogP contribution in [0, 0.1) is 6.92 Å². The molecular formula is C30H25NS2. The highest BCUT2D eigenvalue weighted by Crippen LogP contribution is 2.45. The van der Waals surface area contributed by atoms with Crippen molar-refractivity contribution in [2.45, 2.75) is 33.1 Å². The van der Waals surface area contributed by atoms with Crippen LogP contribution in [0.4, 0.5) is 0 Å². The van der Waals surface area contributed by atoms with Crippen molar-refractivity contribution in [1.82, 2.24) is 4.98 Å². The van der Waals surface area contributed by atoms with Crippen LogP contribution in [0.2, 0.25) is 0 Å². The van der Waals surface area contributed by atoms with Crippen LogP contribution in [0.1, 0.15) is 31.9 Å². The van der Waals surface area contributed by atoms with Crippen LogP contribution in [0.5, 0.6) is 0 Å². The summed E-state index contributed by atoms with van der Waals surface area (Å²) < 4.78 is 2.62. The predicted molar refractivity (Wildman–Crippen MR) is 147 cm³/mol. The van der Waals surface area contributed by atoms with E-state index >= 15 is 0 Å². The van der Waals surface area contributed by atoms with Gasteiger partial charge in [-0.25, -0.2) is 0 Å². The molecule has 0 aliphatic carbocycles. The SMILES string of the molecule is Cc1c(-c2cc3ccnc(-c4cc(C(C)(C)C)c5ccccc5c4)c3s2)sc2ccccc12. The molecule has 3 aromatic carbocycles. The predicted octanol–water partition coefficient (Wildman–Crippen LogP) is 9.60. The summed E-state index contributed by atoms with van der Waals surface area (Å²) in [6, 6.07) is 26.6. The lowest BCUT2D eigenvalue weighted by molar-refractivity contribution is 0.596. The highest BCUT2D eigenvalue weighted by atomic mass is 32.1. The molecule has 0 fully saturated rings. The Bertz CT molecular complexity index is 1660. The van der Waals surface area contributed by atoms with Gasteiger partial charge in [-0.15, -0.1) is 22.7 Å². The lowest BCUT2D eigenvalue weighted by Gasteiger charge is -2.22. The average molecular weight is 464 g/mol. The number of aromatic nitrogens is 1. The molecule has 3 aromatic heterocycles. The molecule has 0 spiro atoms. The standard InChI is InChI=1S/C30H25NS2/c1-18-22-10-7-8-12-25(22)32-28(18)26-17-20-13-14-31-27(29(20)33-26)21-15-19-9-5-6-11-23(19)24(16-21)30(2,3)4/h5-17H,1-4H3. The van der Waals surface area contributed by atoms with Crippen LogP contribution < -0.4 is 0 Å². The number of benzene rings is 3. The van der Waals surface area contributed by atoms with Crippen LogP contribution in [0.25, 0.3) is 52.0 Å². The number of aryl methyl sites for hydroxylation is 1. The number of pyridine rings is 1. The monoisotopic (exact) mass is 463 g/mol. The molecule has 1 nitrogen and oxygen atoms in total. The lowest BCUT2D eigenvalue weighted by atomic mass is 9.82. The molecule has 0 amide bonds. The number of nitrogens with zero attached hydrogens (tertiary/aromatic N) is 1. The molecule has 0 radical (unpaired) electrons. The summed E-state index contributed by atoms with van der Waals surface area (Å²) in [5.41, 5.74) is 5.08. The van der Waals surface area contributed by atoms with Crippen molar-refractivity contribution >= 4 is 53.6 Å². The highest BCUT2D eigenvalue weighted by Gasteiger charge is 2.20. The zero-order valence-corrected chi connectivity index (χ0v) is 20.9. The largest absolute Gasteiger partial charge is 0.255 e. The normalized spacial score (nSPS) is 12.2. The van der Waals surface area contributed by atoms with E-state index in [2.05, 4.69) is 100 Å². The minimum Gasteiger partial charge on any atom is -0.255 e.